The van der Waals surface area contributed by atoms with Crippen LogP contribution in [0.2, 0.25) is 0 Å². The Morgan fingerprint density at radius 1 is 1.10 bits per heavy atom. The Balaban J connectivity index is 2.35. The molecular formula is C18H25N3. The highest BCUT2D eigenvalue weighted by Gasteiger charge is 2.22. The van der Waals surface area contributed by atoms with Crippen LogP contribution in [-0.4, -0.2) is 4.98 Å². The topological polar surface area (TPSA) is 50.9 Å². The summed E-state index contributed by atoms with van der Waals surface area (Å²) >= 11 is 0. The minimum absolute atomic E-state index is 0.0807. The van der Waals surface area contributed by atoms with Crippen LogP contribution in [0.5, 0.6) is 0 Å². The Morgan fingerprint density at radius 3 is 2.57 bits per heavy atom. The molecular weight excluding hydrogens is 258 g/mol. The van der Waals surface area contributed by atoms with Gasteiger partial charge in [0.1, 0.15) is 0 Å². The Labute approximate surface area is 126 Å². The maximum atomic E-state index is 5.87. The summed E-state index contributed by atoms with van der Waals surface area (Å²) in [4.78, 5) is 5.06. The van der Waals surface area contributed by atoms with E-state index < -0.39 is 0 Å². The summed E-state index contributed by atoms with van der Waals surface area (Å²) in [7, 11) is 0. The molecule has 0 amide bonds. The van der Waals surface area contributed by atoms with Gasteiger partial charge in [0.15, 0.2) is 0 Å². The van der Waals surface area contributed by atoms with E-state index in [1.807, 2.05) is 0 Å². The number of hydrogen-bond donors (Lipinski definition) is 2. The second-order valence-corrected chi connectivity index (χ2v) is 7.07. The van der Waals surface area contributed by atoms with Gasteiger partial charge < -0.3 is 5.43 Å². The zero-order valence-corrected chi connectivity index (χ0v) is 13.3. The lowest BCUT2D eigenvalue weighted by atomic mass is 9.84. The van der Waals surface area contributed by atoms with Crippen molar-refractivity contribution in [2.75, 3.05) is 5.43 Å². The number of nitrogens with two attached hydrogens (primary N) is 1. The van der Waals surface area contributed by atoms with Crippen molar-refractivity contribution in [1.29, 1.82) is 0 Å². The van der Waals surface area contributed by atoms with Crippen LogP contribution < -0.4 is 11.3 Å². The van der Waals surface area contributed by atoms with Crippen LogP contribution in [-0.2, 0) is 18.3 Å². The first-order valence-electron chi connectivity index (χ1n) is 7.94. The molecule has 0 saturated carbocycles. The molecule has 0 fully saturated rings. The number of hydrogen-bond acceptors (Lipinski definition) is 3. The predicted molar refractivity (Wildman–Crippen MR) is 89.5 cm³/mol. The smallest absolute Gasteiger partial charge is 0.0764 e. The van der Waals surface area contributed by atoms with Crippen LogP contribution in [0.4, 0.5) is 5.69 Å². The van der Waals surface area contributed by atoms with E-state index in [1.165, 1.54) is 36.1 Å². The summed E-state index contributed by atoms with van der Waals surface area (Å²) < 4.78 is 0. The van der Waals surface area contributed by atoms with E-state index in [1.54, 1.807) is 0 Å². The molecule has 0 radical (unpaired) electrons. The number of nitrogen functional groups attached to an aromatic ring is 1. The minimum atomic E-state index is 0.0807. The second kappa shape index (κ2) is 5.30. The number of benzene rings is 1. The molecule has 1 aromatic heterocycles. The lowest BCUT2D eigenvalue weighted by molar-refractivity contribution is 0.594. The molecule has 3 heteroatoms. The SMILES string of the molecule is CC(C)(C)c1cccc2c(NN)c3c(nc12)CCCCC3. The molecule has 0 unspecified atom stereocenters. The van der Waals surface area contributed by atoms with Gasteiger partial charge in [-0.1, -0.05) is 45.4 Å². The number of pyridine rings is 1. The summed E-state index contributed by atoms with van der Waals surface area (Å²) in [6.07, 6.45) is 5.89. The normalized spacial score (nSPS) is 15.6. The molecule has 3 rings (SSSR count). The highest BCUT2D eigenvalue weighted by molar-refractivity contribution is 5.95. The number of anilines is 1. The Kier molecular flexibility index (Phi) is 3.62. The third-order valence-electron chi connectivity index (χ3n) is 4.49. The van der Waals surface area contributed by atoms with Gasteiger partial charge in [0.2, 0.25) is 0 Å². The van der Waals surface area contributed by atoms with Crippen molar-refractivity contribution < 1.29 is 0 Å². The summed E-state index contributed by atoms with van der Waals surface area (Å²) in [6, 6.07) is 6.45. The zero-order chi connectivity index (χ0) is 15.0. The number of nitrogens with one attached hydrogen (secondary N) is 1. The largest absolute Gasteiger partial charge is 0.323 e. The van der Waals surface area contributed by atoms with Crippen molar-refractivity contribution >= 4 is 16.6 Å². The van der Waals surface area contributed by atoms with Gasteiger partial charge in [0.25, 0.3) is 0 Å². The number of aromatic nitrogens is 1. The van der Waals surface area contributed by atoms with Crippen molar-refractivity contribution in [3.05, 3.63) is 35.0 Å². The van der Waals surface area contributed by atoms with Crippen LogP contribution in [0.1, 0.15) is 56.9 Å². The van der Waals surface area contributed by atoms with Crippen molar-refractivity contribution in [3.8, 4) is 0 Å². The van der Waals surface area contributed by atoms with Crippen LogP contribution in [0.3, 0.4) is 0 Å². The molecule has 112 valence electrons. The number of aryl methyl sites for hydroxylation is 1. The lowest BCUT2D eigenvalue weighted by Gasteiger charge is -2.23. The summed E-state index contributed by atoms with van der Waals surface area (Å²) in [5.41, 5.74) is 9.10. The van der Waals surface area contributed by atoms with Crippen molar-refractivity contribution in [3.63, 3.8) is 0 Å². The maximum absolute atomic E-state index is 5.87. The van der Waals surface area contributed by atoms with Gasteiger partial charge in [-0.3, -0.25) is 10.8 Å². The van der Waals surface area contributed by atoms with Crippen molar-refractivity contribution in [2.45, 2.75) is 58.3 Å². The Hall–Kier alpha value is -1.61. The summed E-state index contributed by atoms with van der Waals surface area (Å²) in [5.74, 6) is 5.87. The highest BCUT2D eigenvalue weighted by Crippen LogP contribution is 2.36. The van der Waals surface area contributed by atoms with Crippen LogP contribution in [0.15, 0.2) is 18.2 Å². The van der Waals surface area contributed by atoms with Gasteiger partial charge in [-0.15, -0.1) is 0 Å². The first-order chi connectivity index (χ1) is 10.0. The first-order valence-corrected chi connectivity index (χ1v) is 7.94. The minimum Gasteiger partial charge on any atom is -0.323 e. The van der Waals surface area contributed by atoms with E-state index in [-0.39, 0.29) is 5.41 Å². The van der Waals surface area contributed by atoms with Crippen LogP contribution in [0.25, 0.3) is 10.9 Å². The fraction of sp³-hybridized carbons (Fsp3) is 0.500. The van der Waals surface area contributed by atoms with Gasteiger partial charge in [0.05, 0.1) is 11.2 Å². The third-order valence-corrected chi connectivity index (χ3v) is 4.49. The average molecular weight is 283 g/mol. The molecule has 1 heterocycles. The molecule has 0 spiro atoms. The monoisotopic (exact) mass is 283 g/mol. The van der Waals surface area contributed by atoms with E-state index >= 15 is 0 Å². The maximum Gasteiger partial charge on any atom is 0.0764 e. The fourth-order valence-corrected chi connectivity index (χ4v) is 3.39. The molecule has 0 aliphatic heterocycles. The van der Waals surface area contributed by atoms with Gasteiger partial charge in [-0.25, -0.2) is 0 Å². The van der Waals surface area contributed by atoms with E-state index in [4.69, 9.17) is 10.8 Å². The number of rotatable bonds is 1. The van der Waals surface area contributed by atoms with Crippen molar-refractivity contribution in [2.24, 2.45) is 5.84 Å². The molecule has 0 bridgehead atoms. The number of para-hydroxylation sites is 1. The van der Waals surface area contributed by atoms with Gasteiger partial charge in [0, 0.05) is 11.1 Å². The van der Waals surface area contributed by atoms with E-state index in [2.05, 4.69) is 44.4 Å². The van der Waals surface area contributed by atoms with Gasteiger partial charge in [-0.2, -0.15) is 0 Å². The number of fused-ring (bicyclic) bond motifs is 2. The average Bonchev–Trinajstić information content (AvgIpc) is 2.68. The molecule has 3 N–H and O–H groups in total. The number of hydrazine groups is 1. The zero-order valence-electron chi connectivity index (χ0n) is 13.3. The van der Waals surface area contributed by atoms with E-state index in [0.29, 0.717) is 0 Å². The fourth-order valence-electron chi connectivity index (χ4n) is 3.39. The molecule has 1 aliphatic rings. The van der Waals surface area contributed by atoms with Crippen LogP contribution >= 0.6 is 0 Å². The number of nitrogens with zero attached hydrogens (tertiary/aromatic N) is 1. The van der Waals surface area contributed by atoms with Crippen LogP contribution in [0, 0.1) is 0 Å². The second-order valence-electron chi connectivity index (χ2n) is 7.07. The molecule has 1 aliphatic carbocycles. The molecule has 3 nitrogen and oxygen atoms in total. The summed E-state index contributed by atoms with van der Waals surface area (Å²) in [5, 5.41) is 1.16. The summed E-state index contributed by atoms with van der Waals surface area (Å²) in [6.45, 7) is 6.72. The van der Waals surface area contributed by atoms with E-state index in [0.717, 1.165) is 29.4 Å². The molecule has 0 saturated heterocycles. The highest BCUT2D eigenvalue weighted by atomic mass is 15.2. The molecule has 2 aromatic rings. The standard InChI is InChI=1S/C18H25N3/c1-18(2,3)14-10-7-9-13-16(21-19)12-8-5-4-6-11-15(12)20-17(13)14/h7,9-10H,4-6,8,11,19H2,1-3H3,(H,20,21). The van der Waals surface area contributed by atoms with Gasteiger partial charge in [-0.05, 0) is 42.2 Å². The molecule has 21 heavy (non-hydrogen) atoms. The first kappa shape index (κ1) is 14.3. The van der Waals surface area contributed by atoms with E-state index in [9.17, 15) is 0 Å². The molecule has 1 aromatic carbocycles. The lowest BCUT2D eigenvalue weighted by Crippen LogP contribution is -2.16. The van der Waals surface area contributed by atoms with Crippen molar-refractivity contribution in [1.82, 2.24) is 4.98 Å². The Morgan fingerprint density at radius 2 is 1.86 bits per heavy atom. The molecule has 0 atom stereocenters. The quantitative estimate of drug-likeness (QED) is 0.471. The Bertz CT molecular complexity index is 668. The third kappa shape index (κ3) is 2.51. The van der Waals surface area contributed by atoms with Gasteiger partial charge >= 0.3 is 0 Å². The predicted octanol–water partition coefficient (Wildman–Crippen LogP) is 4.09.